The summed E-state index contributed by atoms with van der Waals surface area (Å²) in [4.78, 5) is 47.1. The van der Waals surface area contributed by atoms with Gasteiger partial charge in [0.05, 0.1) is 12.2 Å². The Morgan fingerprint density at radius 2 is 1.66 bits per heavy atom. The number of anilines is 1. The van der Waals surface area contributed by atoms with Crippen LogP contribution in [0, 0.1) is 5.82 Å². The number of alkyl halides is 3. The van der Waals surface area contributed by atoms with E-state index in [0.717, 1.165) is 29.5 Å². The van der Waals surface area contributed by atoms with Crippen LogP contribution in [0.25, 0.3) is 0 Å². The Hall–Kier alpha value is -5.37. The van der Waals surface area contributed by atoms with Gasteiger partial charge in [-0.05, 0) is 72.0 Å². The SMILES string of the molecule is O=C(Nc1ccc(C2S/C(=N\c3cccc(F)c3)N(Cc3ccc(OC(F)(F)F)cc3)C2=O)cc1)[C@@H]1CCCN1C(=O)OCc1ccccc1. The van der Waals surface area contributed by atoms with E-state index in [-0.39, 0.29) is 35.8 Å². The van der Waals surface area contributed by atoms with Gasteiger partial charge < -0.3 is 14.8 Å². The minimum Gasteiger partial charge on any atom is -0.445 e. The quantitative estimate of drug-likeness (QED) is 0.177. The largest absolute Gasteiger partial charge is 0.573 e. The monoisotopic (exact) mass is 706 g/mol. The van der Waals surface area contributed by atoms with Crippen LogP contribution >= 0.6 is 11.8 Å². The van der Waals surface area contributed by atoms with Crippen LogP contribution in [0.3, 0.4) is 0 Å². The van der Waals surface area contributed by atoms with E-state index < -0.39 is 35.3 Å². The Morgan fingerprint density at radius 3 is 2.36 bits per heavy atom. The molecule has 6 rings (SSSR count). The number of nitrogens with one attached hydrogen (secondary N) is 1. The Balaban J connectivity index is 1.14. The summed E-state index contributed by atoms with van der Waals surface area (Å²) < 4.78 is 61.2. The summed E-state index contributed by atoms with van der Waals surface area (Å²) in [5, 5.41) is 2.38. The first-order valence-electron chi connectivity index (χ1n) is 15.6. The van der Waals surface area contributed by atoms with Crippen LogP contribution in [0.4, 0.5) is 33.7 Å². The third kappa shape index (κ3) is 8.61. The first-order valence-corrected chi connectivity index (χ1v) is 16.5. The van der Waals surface area contributed by atoms with Crippen LogP contribution in [0.5, 0.6) is 5.75 Å². The number of likely N-dealkylation sites (tertiary alicyclic amines) is 1. The Kier molecular flexibility index (Phi) is 10.4. The molecule has 258 valence electrons. The maximum atomic E-state index is 13.9. The predicted octanol–water partition coefficient (Wildman–Crippen LogP) is 7.97. The van der Waals surface area contributed by atoms with Crippen molar-refractivity contribution >= 4 is 46.2 Å². The lowest BCUT2D eigenvalue weighted by atomic mass is 10.1. The van der Waals surface area contributed by atoms with E-state index >= 15 is 0 Å². The van der Waals surface area contributed by atoms with E-state index in [9.17, 15) is 31.9 Å². The average Bonchev–Trinajstić information content (AvgIpc) is 3.70. The van der Waals surface area contributed by atoms with Crippen molar-refractivity contribution in [1.29, 1.82) is 0 Å². The Labute approximate surface area is 288 Å². The van der Waals surface area contributed by atoms with Crippen molar-refractivity contribution in [2.24, 2.45) is 4.99 Å². The third-order valence-electron chi connectivity index (χ3n) is 7.95. The molecule has 1 N–H and O–H groups in total. The minimum absolute atomic E-state index is 0.0113. The summed E-state index contributed by atoms with van der Waals surface area (Å²) in [7, 11) is 0. The van der Waals surface area contributed by atoms with Crippen LogP contribution in [-0.4, -0.2) is 51.8 Å². The summed E-state index contributed by atoms with van der Waals surface area (Å²) in [5.74, 6) is -1.61. The maximum absolute atomic E-state index is 13.9. The molecule has 3 amide bonds. The number of rotatable bonds is 9. The smallest absolute Gasteiger partial charge is 0.445 e. The second kappa shape index (κ2) is 15.0. The highest BCUT2D eigenvalue weighted by atomic mass is 32.2. The molecule has 50 heavy (non-hydrogen) atoms. The van der Waals surface area contributed by atoms with E-state index in [1.807, 2.05) is 30.3 Å². The molecule has 2 fully saturated rings. The van der Waals surface area contributed by atoms with Gasteiger partial charge in [-0.3, -0.25) is 19.4 Å². The van der Waals surface area contributed by atoms with Crippen molar-refractivity contribution in [2.75, 3.05) is 11.9 Å². The number of hydrogen-bond donors (Lipinski definition) is 1. The van der Waals surface area contributed by atoms with Gasteiger partial charge in [0.25, 0.3) is 0 Å². The lowest BCUT2D eigenvalue weighted by Crippen LogP contribution is -2.43. The van der Waals surface area contributed by atoms with E-state index in [0.29, 0.717) is 36.2 Å². The second-order valence-electron chi connectivity index (χ2n) is 11.5. The molecule has 2 heterocycles. The van der Waals surface area contributed by atoms with Crippen molar-refractivity contribution in [3.8, 4) is 5.75 Å². The zero-order valence-electron chi connectivity index (χ0n) is 26.3. The number of amidine groups is 1. The van der Waals surface area contributed by atoms with Crippen molar-refractivity contribution in [3.05, 3.63) is 126 Å². The molecule has 9 nitrogen and oxygen atoms in total. The van der Waals surface area contributed by atoms with Crippen molar-refractivity contribution in [1.82, 2.24) is 9.80 Å². The van der Waals surface area contributed by atoms with Gasteiger partial charge in [0.1, 0.15) is 29.5 Å². The predicted molar refractivity (Wildman–Crippen MR) is 179 cm³/mol. The fraction of sp³-hybridized carbons (Fsp3) is 0.222. The molecule has 0 saturated carbocycles. The van der Waals surface area contributed by atoms with Crippen molar-refractivity contribution in [3.63, 3.8) is 0 Å². The van der Waals surface area contributed by atoms with Crippen LogP contribution in [-0.2, 0) is 27.5 Å². The fourth-order valence-electron chi connectivity index (χ4n) is 5.56. The molecule has 4 aromatic carbocycles. The van der Waals surface area contributed by atoms with Crippen molar-refractivity contribution in [2.45, 2.75) is 43.6 Å². The average molecular weight is 707 g/mol. The highest BCUT2D eigenvalue weighted by Crippen LogP contribution is 2.41. The lowest BCUT2D eigenvalue weighted by molar-refractivity contribution is -0.274. The van der Waals surface area contributed by atoms with Gasteiger partial charge in [0.2, 0.25) is 11.8 Å². The molecule has 0 bridgehead atoms. The van der Waals surface area contributed by atoms with E-state index in [1.54, 1.807) is 30.3 Å². The van der Waals surface area contributed by atoms with E-state index in [1.165, 1.54) is 40.1 Å². The number of benzene rings is 4. The summed E-state index contributed by atoms with van der Waals surface area (Å²) >= 11 is 1.14. The van der Waals surface area contributed by atoms with Gasteiger partial charge in [-0.1, -0.05) is 72.4 Å². The number of carbonyl (C=O) groups is 3. The Bertz CT molecular complexity index is 1870. The number of carbonyl (C=O) groups excluding carboxylic acids is 3. The lowest BCUT2D eigenvalue weighted by Gasteiger charge is -2.23. The van der Waals surface area contributed by atoms with Gasteiger partial charge in [-0.25, -0.2) is 14.2 Å². The minimum atomic E-state index is -4.84. The van der Waals surface area contributed by atoms with Crippen LogP contribution < -0.4 is 10.1 Å². The molecule has 2 atom stereocenters. The molecule has 0 aromatic heterocycles. The highest BCUT2D eigenvalue weighted by molar-refractivity contribution is 8.15. The van der Waals surface area contributed by atoms with Gasteiger partial charge in [-0.2, -0.15) is 0 Å². The van der Waals surface area contributed by atoms with E-state index in [2.05, 4.69) is 15.0 Å². The molecular weight excluding hydrogens is 676 g/mol. The maximum Gasteiger partial charge on any atom is 0.573 e. The van der Waals surface area contributed by atoms with Crippen molar-refractivity contribution < 1.29 is 41.4 Å². The molecule has 0 spiro atoms. The number of halogens is 4. The molecule has 2 saturated heterocycles. The van der Waals surface area contributed by atoms with Gasteiger partial charge in [0, 0.05) is 12.2 Å². The number of hydrogen-bond acceptors (Lipinski definition) is 7. The number of ether oxygens (including phenoxy) is 2. The summed E-state index contributed by atoms with van der Waals surface area (Å²) in [5.41, 5.74) is 2.70. The first kappa shape index (κ1) is 34.5. The number of thioether (sulfide) groups is 1. The zero-order chi connectivity index (χ0) is 35.3. The zero-order valence-corrected chi connectivity index (χ0v) is 27.1. The van der Waals surface area contributed by atoms with E-state index in [4.69, 9.17) is 4.74 Å². The van der Waals surface area contributed by atoms with Gasteiger partial charge in [0.15, 0.2) is 5.17 Å². The normalized spacial score (nSPS) is 18.4. The second-order valence-corrected chi connectivity index (χ2v) is 12.6. The van der Waals surface area contributed by atoms with Crippen LogP contribution in [0.15, 0.2) is 108 Å². The molecule has 1 unspecified atom stereocenters. The van der Waals surface area contributed by atoms with Crippen LogP contribution in [0.1, 0.15) is 34.8 Å². The summed E-state index contributed by atoms with van der Waals surface area (Å²) in [6, 6.07) is 25.9. The van der Waals surface area contributed by atoms with Crippen LogP contribution in [0.2, 0.25) is 0 Å². The topological polar surface area (TPSA) is 101 Å². The summed E-state index contributed by atoms with van der Waals surface area (Å²) in [6.45, 7) is 0.481. The fourth-order valence-corrected chi connectivity index (χ4v) is 6.73. The van der Waals surface area contributed by atoms with Gasteiger partial charge >= 0.3 is 12.5 Å². The number of aliphatic imine (C=N–C) groups is 1. The molecular formula is C36H30F4N4O5S. The first-order chi connectivity index (χ1) is 24.0. The standard InChI is InChI=1S/C36H30F4N4O5S/c37-26-8-4-9-28(20-26)42-34-44(21-23-11-17-29(18-12-23)49-36(38,39)40)33(46)31(50-34)25-13-15-27(16-14-25)41-32(45)30-10-5-19-43(30)35(47)48-22-24-6-2-1-3-7-24/h1-4,6-9,11-18,20,30-31H,5,10,19,21-22H2,(H,41,45)/b42-34-/t30-,31?/m0/s1. The number of nitrogens with zero attached hydrogens (tertiary/aromatic N) is 3. The molecule has 4 aromatic rings. The summed E-state index contributed by atoms with van der Waals surface area (Å²) in [6.07, 6.45) is -4.27. The molecule has 14 heteroatoms. The number of amides is 3. The molecule has 2 aliphatic heterocycles. The molecule has 0 radical (unpaired) electrons. The third-order valence-corrected chi connectivity index (χ3v) is 9.18. The highest BCUT2D eigenvalue weighted by Gasteiger charge is 2.40. The molecule has 2 aliphatic rings. The Morgan fingerprint density at radius 1 is 0.920 bits per heavy atom. The van der Waals surface area contributed by atoms with Gasteiger partial charge in [-0.15, -0.1) is 13.2 Å². The molecule has 0 aliphatic carbocycles.